The summed E-state index contributed by atoms with van der Waals surface area (Å²) in [5.41, 5.74) is 4.76. The third kappa shape index (κ3) is 4.81. The normalized spacial score (nSPS) is 12.0. The Hall–Kier alpha value is -0.830. The highest BCUT2D eigenvalue weighted by molar-refractivity contribution is 7.89. The van der Waals surface area contributed by atoms with Crippen LogP contribution < -0.4 is 10.5 Å². The van der Waals surface area contributed by atoms with Crippen LogP contribution in [-0.2, 0) is 10.0 Å². The van der Waals surface area contributed by atoms with Crippen LogP contribution in [0.4, 0.5) is 13.2 Å². The number of halogens is 4. The lowest BCUT2D eigenvalue weighted by molar-refractivity contribution is 0.0170. The molecule has 0 amide bonds. The van der Waals surface area contributed by atoms with Gasteiger partial charge in [0.2, 0.25) is 10.0 Å². The van der Waals surface area contributed by atoms with E-state index in [4.69, 9.17) is 5.73 Å². The van der Waals surface area contributed by atoms with E-state index in [0.717, 1.165) is 24.3 Å². The fourth-order valence-corrected chi connectivity index (χ4v) is 2.03. The summed E-state index contributed by atoms with van der Waals surface area (Å²) < 4.78 is 62.8. The molecule has 1 aromatic rings. The Morgan fingerprint density at radius 2 is 1.72 bits per heavy atom. The molecule has 104 valence electrons. The molecule has 0 unspecified atom stereocenters. The predicted molar refractivity (Wildman–Crippen MR) is 62.8 cm³/mol. The summed E-state index contributed by atoms with van der Waals surface area (Å²) in [6.45, 7) is -2.05. The predicted octanol–water partition coefficient (Wildman–Crippen LogP) is 1.12. The second-order valence-electron chi connectivity index (χ2n) is 3.34. The third-order valence-electron chi connectivity index (χ3n) is 1.94. The zero-order chi connectivity index (χ0) is 13.1. The van der Waals surface area contributed by atoms with Crippen LogP contribution in [0.3, 0.4) is 0 Å². The van der Waals surface area contributed by atoms with Gasteiger partial charge in [-0.2, -0.15) is 0 Å². The van der Waals surface area contributed by atoms with Crippen molar-refractivity contribution in [2.24, 2.45) is 5.73 Å². The third-order valence-corrected chi connectivity index (χ3v) is 3.36. The molecule has 0 fully saturated rings. The number of rotatable bonds is 5. The van der Waals surface area contributed by atoms with Crippen LogP contribution in [0.25, 0.3) is 0 Å². The first-order chi connectivity index (χ1) is 7.77. The first-order valence-corrected chi connectivity index (χ1v) is 6.08. The van der Waals surface area contributed by atoms with Crippen molar-refractivity contribution >= 4 is 22.4 Å². The highest BCUT2D eigenvalue weighted by Gasteiger charge is 2.29. The van der Waals surface area contributed by atoms with Gasteiger partial charge in [-0.15, -0.1) is 12.4 Å². The summed E-state index contributed by atoms with van der Waals surface area (Å²) in [5.74, 6) is -3.93. The van der Waals surface area contributed by atoms with Gasteiger partial charge in [-0.25, -0.2) is 26.3 Å². The molecule has 0 aliphatic rings. The smallest absolute Gasteiger partial charge is 0.273 e. The largest absolute Gasteiger partial charge is 0.325 e. The van der Waals surface area contributed by atoms with E-state index in [1.807, 2.05) is 0 Å². The Morgan fingerprint density at radius 1 is 1.22 bits per heavy atom. The lowest BCUT2D eigenvalue weighted by atomic mass is 10.3. The van der Waals surface area contributed by atoms with Crippen LogP contribution >= 0.6 is 12.4 Å². The minimum Gasteiger partial charge on any atom is -0.325 e. The van der Waals surface area contributed by atoms with Crippen molar-refractivity contribution in [3.8, 4) is 0 Å². The van der Waals surface area contributed by atoms with E-state index in [1.165, 1.54) is 0 Å². The van der Waals surface area contributed by atoms with Gasteiger partial charge in [0.25, 0.3) is 5.92 Å². The average molecular weight is 305 g/mol. The van der Waals surface area contributed by atoms with E-state index in [0.29, 0.717) is 0 Å². The lowest BCUT2D eigenvalue weighted by Gasteiger charge is -2.14. The number of sulfonamides is 1. The number of nitrogens with one attached hydrogen (secondary N) is 1. The highest BCUT2D eigenvalue weighted by atomic mass is 35.5. The minimum atomic E-state index is -4.07. The number of nitrogens with two attached hydrogens (primary N) is 1. The molecule has 0 saturated carbocycles. The number of alkyl halides is 2. The van der Waals surface area contributed by atoms with Crippen LogP contribution in [0, 0.1) is 5.82 Å². The zero-order valence-corrected chi connectivity index (χ0v) is 10.7. The Balaban J connectivity index is 0.00000289. The molecule has 1 rings (SSSR count). The molecule has 3 N–H and O–H groups in total. The molecule has 0 radical (unpaired) electrons. The average Bonchev–Trinajstić information content (AvgIpc) is 2.27. The molecular weight excluding hydrogens is 293 g/mol. The molecule has 0 aliphatic heterocycles. The van der Waals surface area contributed by atoms with E-state index in [-0.39, 0.29) is 17.3 Å². The maximum atomic E-state index is 12.8. The Bertz CT molecular complexity index is 479. The molecule has 4 nitrogen and oxygen atoms in total. The van der Waals surface area contributed by atoms with Crippen LogP contribution in [0.1, 0.15) is 0 Å². The van der Waals surface area contributed by atoms with Crippen molar-refractivity contribution < 1.29 is 21.6 Å². The standard InChI is InChI=1S/C9H11F3N2O2S.ClH/c10-7-1-3-8(4-2-7)17(15,16)14-6-9(11,12)5-13;/h1-4,14H,5-6,13H2;1H. The quantitative estimate of drug-likeness (QED) is 0.856. The molecule has 0 bridgehead atoms. The Kier molecular flexibility index (Phi) is 6.08. The van der Waals surface area contributed by atoms with Crippen molar-refractivity contribution in [3.05, 3.63) is 30.1 Å². The maximum Gasteiger partial charge on any atom is 0.273 e. The first kappa shape index (κ1) is 17.2. The zero-order valence-electron chi connectivity index (χ0n) is 9.07. The SMILES string of the molecule is Cl.NCC(F)(F)CNS(=O)(=O)c1ccc(F)cc1. The van der Waals surface area contributed by atoms with Gasteiger partial charge >= 0.3 is 0 Å². The van der Waals surface area contributed by atoms with Gasteiger partial charge in [0.05, 0.1) is 18.0 Å². The van der Waals surface area contributed by atoms with Crippen molar-refractivity contribution in [3.63, 3.8) is 0 Å². The summed E-state index contributed by atoms with van der Waals surface area (Å²) in [4.78, 5) is -0.285. The van der Waals surface area contributed by atoms with E-state index < -0.39 is 34.9 Å². The van der Waals surface area contributed by atoms with E-state index in [1.54, 1.807) is 4.72 Å². The van der Waals surface area contributed by atoms with Gasteiger partial charge in [0.1, 0.15) is 5.82 Å². The van der Waals surface area contributed by atoms with Crippen LogP contribution in [0.2, 0.25) is 0 Å². The van der Waals surface area contributed by atoms with Crippen LogP contribution in [0.15, 0.2) is 29.2 Å². The van der Waals surface area contributed by atoms with Crippen LogP contribution in [0.5, 0.6) is 0 Å². The molecule has 0 atom stereocenters. The number of benzene rings is 1. The van der Waals surface area contributed by atoms with Gasteiger partial charge in [-0.1, -0.05) is 0 Å². The Labute approximate surface area is 109 Å². The van der Waals surface area contributed by atoms with E-state index in [9.17, 15) is 21.6 Å². The molecule has 0 heterocycles. The second-order valence-corrected chi connectivity index (χ2v) is 5.11. The molecule has 0 saturated heterocycles. The molecule has 18 heavy (non-hydrogen) atoms. The first-order valence-electron chi connectivity index (χ1n) is 4.60. The fraction of sp³-hybridized carbons (Fsp3) is 0.333. The molecule has 0 aliphatic carbocycles. The van der Waals surface area contributed by atoms with Gasteiger partial charge in [-0.05, 0) is 24.3 Å². The van der Waals surface area contributed by atoms with E-state index >= 15 is 0 Å². The minimum absolute atomic E-state index is 0. The van der Waals surface area contributed by atoms with Gasteiger partial charge < -0.3 is 5.73 Å². The molecule has 0 aromatic heterocycles. The summed E-state index contributed by atoms with van der Waals surface area (Å²) in [7, 11) is -4.07. The monoisotopic (exact) mass is 304 g/mol. The topological polar surface area (TPSA) is 72.2 Å². The van der Waals surface area contributed by atoms with Gasteiger partial charge in [0, 0.05) is 0 Å². The van der Waals surface area contributed by atoms with Gasteiger partial charge in [-0.3, -0.25) is 0 Å². The van der Waals surface area contributed by atoms with Crippen molar-refractivity contribution in [2.45, 2.75) is 10.8 Å². The van der Waals surface area contributed by atoms with Crippen molar-refractivity contribution in [1.82, 2.24) is 4.72 Å². The highest BCUT2D eigenvalue weighted by Crippen LogP contribution is 2.13. The summed E-state index contributed by atoms with van der Waals surface area (Å²) in [5, 5.41) is 0. The Morgan fingerprint density at radius 3 is 2.17 bits per heavy atom. The number of hydrogen-bond donors (Lipinski definition) is 2. The molecule has 9 heteroatoms. The van der Waals surface area contributed by atoms with Gasteiger partial charge in [0.15, 0.2) is 0 Å². The maximum absolute atomic E-state index is 12.8. The molecular formula is C9H12ClF3N2O2S. The fourth-order valence-electron chi connectivity index (χ4n) is 0.970. The summed E-state index contributed by atoms with van der Waals surface area (Å²) >= 11 is 0. The van der Waals surface area contributed by atoms with Crippen LogP contribution in [-0.4, -0.2) is 27.4 Å². The summed E-state index contributed by atoms with van der Waals surface area (Å²) in [6.07, 6.45) is 0. The molecule has 0 spiro atoms. The van der Waals surface area contributed by atoms with E-state index in [2.05, 4.69) is 0 Å². The number of hydrogen-bond acceptors (Lipinski definition) is 3. The van der Waals surface area contributed by atoms with Crippen molar-refractivity contribution in [2.75, 3.05) is 13.1 Å². The second kappa shape index (κ2) is 6.37. The lowest BCUT2D eigenvalue weighted by Crippen LogP contribution is -2.41. The molecule has 1 aromatic carbocycles. The van der Waals surface area contributed by atoms with Crippen molar-refractivity contribution in [1.29, 1.82) is 0 Å². The summed E-state index contributed by atoms with van der Waals surface area (Å²) in [6, 6.07) is 3.82.